The number of ketones is 1. The number of carboxylic acid groups (broad SMARTS) is 1. The van der Waals surface area contributed by atoms with Crippen LogP contribution in [-0.4, -0.2) is 33.8 Å². The number of benzene rings is 2. The molecule has 2 amide bonds. The van der Waals surface area contributed by atoms with Crippen molar-refractivity contribution < 1.29 is 19.5 Å². The number of nitrogens with zero attached hydrogens (tertiary/aromatic N) is 1. The van der Waals surface area contributed by atoms with Gasteiger partial charge in [-0.3, -0.25) is 4.79 Å². The lowest BCUT2D eigenvalue weighted by Gasteiger charge is -2.30. The number of para-hydroxylation sites is 1. The number of amides is 2. The van der Waals surface area contributed by atoms with Crippen molar-refractivity contribution in [3.8, 4) is 0 Å². The predicted octanol–water partition coefficient (Wildman–Crippen LogP) is 7.74. The van der Waals surface area contributed by atoms with Gasteiger partial charge in [0.1, 0.15) is 6.04 Å². The molecule has 8 heteroatoms. The van der Waals surface area contributed by atoms with Crippen LogP contribution in [0.3, 0.4) is 0 Å². The molecular formula is C32H32N2O4S2. The van der Waals surface area contributed by atoms with Gasteiger partial charge in [-0.25, -0.2) is 9.59 Å². The van der Waals surface area contributed by atoms with Crippen molar-refractivity contribution in [3.63, 3.8) is 0 Å². The number of carboxylic acids is 1. The number of Topliss-reactive ketones (excluding diaryl/α,β-unsaturated/α-hetero) is 1. The molecule has 1 fully saturated rings. The van der Waals surface area contributed by atoms with Crippen LogP contribution in [0.2, 0.25) is 0 Å². The highest BCUT2D eigenvalue weighted by Gasteiger charge is 2.58. The number of hydrogen-bond acceptors (Lipinski definition) is 5. The molecule has 4 atom stereocenters. The zero-order chi connectivity index (χ0) is 28.6. The van der Waals surface area contributed by atoms with Crippen molar-refractivity contribution in [2.24, 2.45) is 5.92 Å². The maximum absolute atomic E-state index is 14.3. The molecule has 2 aromatic heterocycles. The van der Waals surface area contributed by atoms with Crippen LogP contribution in [0.15, 0.2) is 83.6 Å². The monoisotopic (exact) mass is 572 g/mol. The van der Waals surface area contributed by atoms with Crippen LogP contribution in [0.4, 0.5) is 10.5 Å². The number of anilines is 1. The zero-order valence-electron chi connectivity index (χ0n) is 22.8. The van der Waals surface area contributed by atoms with Crippen LogP contribution in [0, 0.1) is 12.8 Å². The summed E-state index contributed by atoms with van der Waals surface area (Å²) < 4.78 is 0. The van der Waals surface area contributed by atoms with E-state index in [9.17, 15) is 19.5 Å². The van der Waals surface area contributed by atoms with Crippen molar-refractivity contribution in [2.45, 2.75) is 51.1 Å². The van der Waals surface area contributed by atoms with Gasteiger partial charge in [0.25, 0.3) is 0 Å². The number of aliphatic carboxylic acids is 1. The molecule has 1 aliphatic rings. The summed E-state index contributed by atoms with van der Waals surface area (Å²) in [4.78, 5) is 44.2. The Morgan fingerprint density at radius 3 is 2.12 bits per heavy atom. The highest BCUT2D eigenvalue weighted by Crippen LogP contribution is 2.53. The summed E-state index contributed by atoms with van der Waals surface area (Å²) in [6.07, 6.45) is 0. The summed E-state index contributed by atoms with van der Waals surface area (Å²) in [5.74, 6) is -2.85. The third-order valence-corrected chi connectivity index (χ3v) is 9.55. The van der Waals surface area contributed by atoms with E-state index in [0.29, 0.717) is 10.6 Å². The number of likely N-dealkylation sites (tertiary alicyclic amines) is 1. The fourth-order valence-electron chi connectivity index (χ4n) is 5.61. The number of thiophene rings is 2. The molecule has 0 aliphatic carbocycles. The van der Waals surface area contributed by atoms with Crippen LogP contribution < -0.4 is 5.32 Å². The second-order valence-electron chi connectivity index (χ2n) is 11.2. The van der Waals surface area contributed by atoms with Gasteiger partial charge in [0, 0.05) is 16.5 Å². The first-order chi connectivity index (χ1) is 19.1. The number of aryl methyl sites for hydroxylation is 1. The number of carbonyl (C=O) groups excluding carboxylic acids is 2. The third kappa shape index (κ3) is 5.21. The lowest BCUT2D eigenvalue weighted by atomic mass is 9.77. The molecule has 40 heavy (non-hydrogen) atoms. The molecule has 0 bridgehead atoms. The number of nitrogens with one attached hydrogen (secondary N) is 1. The average Bonchev–Trinajstić information content (AvgIpc) is 3.67. The average molecular weight is 573 g/mol. The summed E-state index contributed by atoms with van der Waals surface area (Å²) in [7, 11) is 0. The lowest BCUT2D eigenvalue weighted by Crippen LogP contribution is -2.45. The summed E-state index contributed by atoms with van der Waals surface area (Å²) in [5.41, 5.74) is 3.21. The lowest BCUT2D eigenvalue weighted by molar-refractivity contribution is -0.142. The smallest absolute Gasteiger partial charge is 0.327 e. The van der Waals surface area contributed by atoms with Crippen LogP contribution in [0.5, 0.6) is 0 Å². The second-order valence-corrected chi connectivity index (χ2v) is 13.1. The highest BCUT2D eigenvalue weighted by atomic mass is 32.1. The summed E-state index contributed by atoms with van der Waals surface area (Å²) in [6.45, 7) is 8.29. The van der Waals surface area contributed by atoms with Crippen molar-refractivity contribution in [1.29, 1.82) is 0 Å². The SMILES string of the molecule is Cc1ccsc1C1C(C(=O)c2cccs2)C(c2ccc(C(C)(C)C)cc2)C(C(=O)O)N1C(=O)Nc1ccccc1. The van der Waals surface area contributed by atoms with E-state index < -0.39 is 35.9 Å². The largest absolute Gasteiger partial charge is 0.480 e. The minimum Gasteiger partial charge on any atom is -0.480 e. The minimum atomic E-state index is -1.26. The first kappa shape index (κ1) is 27.8. The van der Waals surface area contributed by atoms with Gasteiger partial charge in [-0.2, -0.15) is 0 Å². The van der Waals surface area contributed by atoms with Crippen molar-refractivity contribution in [1.82, 2.24) is 4.90 Å². The minimum absolute atomic E-state index is 0.0924. The maximum atomic E-state index is 14.3. The van der Waals surface area contributed by atoms with Crippen LogP contribution in [0.25, 0.3) is 0 Å². The van der Waals surface area contributed by atoms with E-state index in [2.05, 4.69) is 26.1 Å². The summed E-state index contributed by atoms with van der Waals surface area (Å²) in [5, 5.41) is 17.4. The Morgan fingerprint density at radius 1 is 0.875 bits per heavy atom. The molecular weight excluding hydrogens is 540 g/mol. The molecule has 4 unspecified atom stereocenters. The highest BCUT2D eigenvalue weighted by molar-refractivity contribution is 7.12. The van der Waals surface area contributed by atoms with Crippen molar-refractivity contribution >= 4 is 46.1 Å². The Hall–Kier alpha value is -3.75. The van der Waals surface area contributed by atoms with Crippen LogP contribution >= 0.6 is 22.7 Å². The number of hydrogen-bond donors (Lipinski definition) is 2. The summed E-state index contributed by atoms with van der Waals surface area (Å²) >= 11 is 2.78. The molecule has 0 spiro atoms. The standard InChI is InChI=1S/C32H32N2O4S2/c1-19-16-18-40-29(19)26-25(28(35)23-11-8-17-39-23)24(20-12-14-21(15-13-20)32(2,3)4)27(30(36)37)34(26)31(38)33-22-9-6-5-7-10-22/h5-18,24-27H,1-4H3,(H,33,38)(H,36,37). The molecule has 3 heterocycles. The van der Waals surface area contributed by atoms with Gasteiger partial charge in [-0.05, 0) is 64.1 Å². The molecule has 1 saturated heterocycles. The van der Waals surface area contributed by atoms with Crippen molar-refractivity contribution in [2.75, 3.05) is 5.32 Å². The van der Waals surface area contributed by atoms with E-state index in [1.165, 1.54) is 27.6 Å². The predicted molar refractivity (Wildman–Crippen MR) is 161 cm³/mol. The Morgan fingerprint density at radius 2 is 1.57 bits per heavy atom. The van der Waals surface area contributed by atoms with Gasteiger partial charge in [-0.15, -0.1) is 22.7 Å². The van der Waals surface area contributed by atoms with E-state index in [0.717, 1.165) is 21.6 Å². The van der Waals surface area contributed by atoms with Gasteiger partial charge in [0.05, 0.1) is 16.8 Å². The quantitative estimate of drug-likeness (QED) is 0.231. The Balaban J connectivity index is 1.71. The number of rotatable bonds is 6. The zero-order valence-corrected chi connectivity index (χ0v) is 24.5. The molecule has 206 valence electrons. The van der Waals surface area contributed by atoms with Gasteiger partial charge < -0.3 is 15.3 Å². The van der Waals surface area contributed by atoms with E-state index in [-0.39, 0.29) is 11.2 Å². The number of urea groups is 1. The Kier molecular flexibility index (Phi) is 7.66. The molecule has 5 rings (SSSR count). The van der Waals surface area contributed by atoms with E-state index in [1.807, 2.05) is 60.1 Å². The normalized spacial score (nSPS) is 20.9. The maximum Gasteiger partial charge on any atom is 0.327 e. The van der Waals surface area contributed by atoms with Crippen LogP contribution in [-0.2, 0) is 10.2 Å². The molecule has 1 aliphatic heterocycles. The first-order valence-corrected chi connectivity index (χ1v) is 14.9. The van der Waals surface area contributed by atoms with Gasteiger partial charge in [0.15, 0.2) is 5.78 Å². The number of carbonyl (C=O) groups is 3. The van der Waals surface area contributed by atoms with E-state index in [1.54, 1.807) is 30.3 Å². The summed E-state index contributed by atoms with van der Waals surface area (Å²) in [6, 6.07) is 19.8. The van der Waals surface area contributed by atoms with Crippen LogP contribution in [0.1, 0.15) is 64.0 Å². The molecule has 2 aromatic carbocycles. The van der Waals surface area contributed by atoms with Crippen molar-refractivity contribution in [3.05, 3.63) is 110 Å². The van der Waals surface area contributed by atoms with E-state index in [4.69, 9.17) is 0 Å². The third-order valence-electron chi connectivity index (χ3n) is 7.58. The fourth-order valence-corrected chi connectivity index (χ4v) is 7.39. The molecule has 4 aromatic rings. The molecule has 6 nitrogen and oxygen atoms in total. The molecule has 0 radical (unpaired) electrons. The topological polar surface area (TPSA) is 86.7 Å². The Labute approximate surface area is 242 Å². The molecule has 0 saturated carbocycles. The Bertz CT molecular complexity index is 1500. The fraction of sp³-hybridized carbons (Fsp3) is 0.281. The molecule has 2 N–H and O–H groups in total. The van der Waals surface area contributed by atoms with Gasteiger partial charge in [0.2, 0.25) is 0 Å². The van der Waals surface area contributed by atoms with Gasteiger partial charge >= 0.3 is 12.0 Å². The first-order valence-electron chi connectivity index (χ1n) is 13.2. The second kappa shape index (κ2) is 11.0. The van der Waals surface area contributed by atoms with Gasteiger partial charge in [-0.1, -0.05) is 69.3 Å². The van der Waals surface area contributed by atoms with E-state index >= 15 is 0 Å².